The van der Waals surface area contributed by atoms with Crippen molar-refractivity contribution < 1.29 is 19.2 Å². The highest BCUT2D eigenvalue weighted by atomic mass is 32.2. The van der Waals surface area contributed by atoms with Gasteiger partial charge in [0.1, 0.15) is 0 Å². The van der Waals surface area contributed by atoms with Crippen LogP contribution in [0.5, 0.6) is 0 Å². The molecule has 0 saturated carbocycles. The van der Waals surface area contributed by atoms with Gasteiger partial charge in [-0.15, -0.1) is 0 Å². The maximum atomic E-state index is 11.7. The van der Waals surface area contributed by atoms with Crippen molar-refractivity contribution in [3.63, 3.8) is 0 Å². The molecular formula is C17H26N4O4S. The van der Waals surface area contributed by atoms with Gasteiger partial charge in [0.05, 0.1) is 12.4 Å². The van der Waals surface area contributed by atoms with E-state index in [-0.39, 0.29) is 36.3 Å². The Bertz CT molecular complexity index is 547. The lowest BCUT2D eigenvalue weighted by molar-refractivity contribution is -0.187. The van der Waals surface area contributed by atoms with Crippen LogP contribution in [0.2, 0.25) is 0 Å². The van der Waals surface area contributed by atoms with E-state index in [4.69, 9.17) is 4.84 Å². The molecule has 1 N–H and O–H groups in total. The van der Waals surface area contributed by atoms with Crippen molar-refractivity contribution in [1.82, 2.24) is 10.4 Å². The second-order valence-electron chi connectivity index (χ2n) is 5.52. The molecule has 0 spiro atoms. The maximum Gasteiger partial charge on any atom is 0.253 e. The fraction of sp³-hybridized carbons (Fsp3) is 0.588. The van der Waals surface area contributed by atoms with Crippen molar-refractivity contribution in [2.45, 2.75) is 45.4 Å². The smallest absolute Gasteiger partial charge is 0.253 e. The van der Waals surface area contributed by atoms with E-state index in [1.54, 1.807) is 12.3 Å². The van der Waals surface area contributed by atoms with Crippen molar-refractivity contribution >= 4 is 41.4 Å². The molecule has 3 amide bonds. The van der Waals surface area contributed by atoms with Crippen LogP contribution < -0.4 is 5.32 Å². The van der Waals surface area contributed by atoms with Crippen LogP contribution in [-0.2, 0) is 19.2 Å². The first kappa shape index (κ1) is 22.0. The lowest BCUT2D eigenvalue weighted by Crippen LogP contribution is -2.29. The molecule has 0 aromatic rings. The van der Waals surface area contributed by atoms with E-state index < -0.39 is 0 Å². The third-order valence-electron chi connectivity index (χ3n) is 3.42. The Morgan fingerprint density at radius 2 is 1.96 bits per heavy atom. The Balaban J connectivity index is 1.99. The van der Waals surface area contributed by atoms with E-state index >= 15 is 0 Å². The quantitative estimate of drug-likeness (QED) is 0.255. The number of unbranched alkanes of at least 4 members (excludes halogenated alkanes) is 3. The minimum Gasteiger partial charge on any atom is -0.355 e. The zero-order valence-corrected chi connectivity index (χ0v) is 15.9. The number of carbonyl (C=O) groups is 3. The molecule has 1 saturated heterocycles. The van der Waals surface area contributed by atoms with Gasteiger partial charge in [0, 0.05) is 25.6 Å². The number of hydrogen-bond acceptors (Lipinski definition) is 6. The first-order valence-corrected chi connectivity index (χ1v) is 9.61. The summed E-state index contributed by atoms with van der Waals surface area (Å²) in [6, 6.07) is 0. The van der Waals surface area contributed by atoms with Gasteiger partial charge in [-0.25, -0.2) is 9.98 Å². The second-order valence-corrected chi connectivity index (χ2v) is 6.46. The molecule has 0 radical (unpaired) electrons. The number of nitrogens with zero attached hydrogens (tertiary/aromatic N) is 3. The molecule has 0 aromatic carbocycles. The molecule has 1 aliphatic rings. The summed E-state index contributed by atoms with van der Waals surface area (Å²) in [5.74, 6) is -0.343. The van der Waals surface area contributed by atoms with Gasteiger partial charge in [-0.3, -0.25) is 19.2 Å². The van der Waals surface area contributed by atoms with E-state index in [1.165, 1.54) is 11.8 Å². The number of imide groups is 1. The van der Waals surface area contributed by atoms with E-state index in [1.807, 2.05) is 6.92 Å². The molecule has 0 bridgehead atoms. The molecule has 26 heavy (non-hydrogen) atoms. The molecule has 0 aromatic heterocycles. The summed E-state index contributed by atoms with van der Waals surface area (Å²) in [7, 11) is 0. The Kier molecular flexibility index (Phi) is 11.2. The Labute approximate surface area is 158 Å². The summed E-state index contributed by atoms with van der Waals surface area (Å²) in [6.07, 6.45) is 7.31. The fourth-order valence-corrected chi connectivity index (χ4v) is 2.70. The van der Waals surface area contributed by atoms with Crippen molar-refractivity contribution in [1.29, 1.82) is 0 Å². The average molecular weight is 382 g/mol. The van der Waals surface area contributed by atoms with E-state index in [9.17, 15) is 14.4 Å². The summed E-state index contributed by atoms with van der Waals surface area (Å²) in [6.45, 7) is 6.22. The number of thioether (sulfide) groups is 1. The lowest BCUT2D eigenvalue weighted by Gasteiger charge is -2.12. The first-order valence-electron chi connectivity index (χ1n) is 8.62. The van der Waals surface area contributed by atoms with Crippen LogP contribution in [0.25, 0.3) is 0 Å². The third-order valence-corrected chi connectivity index (χ3v) is 4.32. The van der Waals surface area contributed by atoms with Gasteiger partial charge in [0.25, 0.3) is 11.8 Å². The Hall–Kier alpha value is -2.00. The number of aliphatic imine (C=N–C) groups is 2. The summed E-state index contributed by atoms with van der Waals surface area (Å²) >= 11 is 1.24. The standard InChI is InChI=1S/C17H26N4O4S/c1-3-10-20-17(18-2)26-13-14(22)19-11-6-4-5-7-12-25-21-15(23)8-9-16(21)24/h3,10H,2,4-9,11-13H2,1H3,(H,19,22)/b10-3-,20-17?. The number of hydroxylamine groups is 2. The predicted octanol–water partition coefficient (Wildman–Crippen LogP) is 2.07. The second kappa shape index (κ2) is 13.2. The molecule has 0 atom stereocenters. The minimum absolute atomic E-state index is 0.0683. The largest absolute Gasteiger partial charge is 0.355 e. The highest BCUT2D eigenvalue weighted by Gasteiger charge is 2.29. The molecule has 1 heterocycles. The SMILES string of the molecule is C=NC(=N/C=C\C)SCC(=O)NCCCCCCON1C(=O)CCC1=O. The molecule has 1 fully saturated rings. The molecule has 8 nitrogen and oxygen atoms in total. The van der Waals surface area contributed by atoms with Crippen LogP contribution in [0.1, 0.15) is 45.4 Å². The Morgan fingerprint density at radius 1 is 1.27 bits per heavy atom. The fourth-order valence-electron chi connectivity index (χ4n) is 2.11. The number of nitrogens with one attached hydrogen (secondary N) is 1. The van der Waals surface area contributed by atoms with Gasteiger partial charge in [-0.2, -0.15) is 5.06 Å². The molecule has 0 aliphatic carbocycles. The molecular weight excluding hydrogens is 356 g/mol. The zero-order valence-electron chi connectivity index (χ0n) is 15.1. The normalized spacial score (nSPS) is 15.1. The summed E-state index contributed by atoms with van der Waals surface area (Å²) in [5, 5.41) is 4.19. The topological polar surface area (TPSA) is 100 Å². The molecule has 1 rings (SSSR count). The number of carbonyl (C=O) groups excluding carboxylic acids is 3. The maximum absolute atomic E-state index is 11.7. The lowest BCUT2D eigenvalue weighted by atomic mass is 10.2. The van der Waals surface area contributed by atoms with Crippen LogP contribution >= 0.6 is 11.8 Å². The number of amides is 3. The summed E-state index contributed by atoms with van der Waals surface area (Å²) in [4.78, 5) is 47.4. The van der Waals surface area contributed by atoms with Gasteiger partial charge in [-0.1, -0.05) is 30.7 Å². The van der Waals surface area contributed by atoms with Gasteiger partial charge < -0.3 is 5.32 Å². The highest BCUT2D eigenvalue weighted by molar-refractivity contribution is 8.14. The molecule has 9 heteroatoms. The van der Waals surface area contributed by atoms with Crippen molar-refractivity contribution in [2.24, 2.45) is 9.98 Å². The average Bonchev–Trinajstić information content (AvgIpc) is 2.95. The van der Waals surface area contributed by atoms with Crippen molar-refractivity contribution in [3.05, 3.63) is 12.3 Å². The van der Waals surface area contributed by atoms with Crippen LogP contribution in [0.15, 0.2) is 22.3 Å². The van der Waals surface area contributed by atoms with Crippen LogP contribution in [0, 0.1) is 0 Å². The Morgan fingerprint density at radius 3 is 2.62 bits per heavy atom. The van der Waals surface area contributed by atoms with Gasteiger partial charge in [0.2, 0.25) is 5.91 Å². The van der Waals surface area contributed by atoms with Gasteiger partial charge >= 0.3 is 0 Å². The minimum atomic E-state index is -0.263. The summed E-state index contributed by atoms with van der Waals surface area (Å²) < 4.78 is 0. The number of rotatable bonds is 11. The first-order chi connectivity index (χ1) is 12.6. The summed E-state index contributed by atoms with van der Waals surface area (Å²) in [5.41, 5.74) is 0. The van der Waals surface area contributed by atoms with Crippen LogP contribution in [-0.4, -0.2) is 53.6 Å². The number of amidine groups is 1. The van der Waals surface area contributed by atoms with Gasteiger partial charge in [-0.05, 0) is 26.5 Å². The van der Waals surface area contributed by atoms with E-state index in [0.717, 1.165) is 30.7 Å². The predicted molar refractivity (Wildman–Crippen MR) is 103 cm³/mol. The molecule has 144 valence electrons. The zero-order chi connectivity index (χ0) is 19.2. The number of hydrogen-bond donors (Lipinski definition) is 1. The van der Waals surface area contributed by atoms with Crippen molar-refractivity contribution in [3.8, 4) is 0 Å². The highest BCUT2D eigenvalue weighted by Crippen LogP contribution is 2.12. The molecule has 0 unspecified atom stereocenters. The van der Waals surface area contributed by atoms with Crippen LogP contribution in [0.4, 0.5) is 0 Å². The molecule has 1 aliphatic heterocycles. The number of allylic oxidation sites excluding steroid dienone is 1. The van der Waals surface area contributed by atoms with Crippen molar-refractivity contribution in [2.75, 3.05) is 18.9 Å². The monoisotopic (exact) mass is 382 g/mol. The van der Waals surface area contributed by atoms with E-state index in [2.05, 4.69) is 22.0 Å². The van der Waals surface area contributed by atoms with Gasteiger partial charge in [0.15, 0.2) is 5.17 Å². The third kappa shape index (κ3) is 8.91. The van der Waals surface area contributed by atoms with Crippen LogP contribution in [0.3, 0.4) is 0 Å². The van der Waals surface area contributed by atoms with E-state index in [0.29, 0.717) is 18.3 Å².